The summed E-state index contributed by atoms with van der Waals surface area (Å²) in [5.41, 5.74) is 1.65. The predicted octanol–water partition coefficient (Wildman–Crippen LogP) is 3.80. The van der Waals surface area contributed by atoms with Gasteiger partial charge in [-0.15, -0.1) is 0 Å². The third-order valence-corrected chi connectivity index (χ3v) is 5.58. The van der Waals surface area contributed by atoms with Gasteiger partial charge < -0.3 is 9.80 Å². The van der Waals surface area contributed by atoms with Crippen molar-refractivity contribution in [1.29, 1.82) is 0 Å². The monoisotopic (exact) mass is 384 g/mol. The number of benzene rings is 2. The van der Waals surface area contributed by atoms with Crippen molar-refractivity contribution >= 4 is 17.5 Å². The highest BCUT2D eigenvalue weighted by molar-refractivity contribution is 5.98. The number of para-hydroxylation sites is 1. The lowest BCUT2D eigenvalue weighted by Gasteiger charge is -2.37. The molecule has 1 unspecified atom stereocenters. The Kier molecular flexibility index (Phi) is 5.11. The van der Waals surface area contributed by atoms with E-state index in [-0.39, 0.29) is 23.5 Å². The molecule has 2 aliphatic heterocycles. The topological polar surface area (TPSA) is 40.6 Å². The molecule has 0 saturated carbocycles. The molecule has 4 nitrogen and oxygen atoms in total. The number of hydrogen-bond acceptors (Lipinski definition) is 2. The molecular formula is C22H22F2N2O2. The highest BCUT2D eigenvalue weighted by Gasteiger charge is 2.34. The van der Waals surface area contributed by atoms with E-state index in [4.69, 9.17) is 0 Å². The summed E-state index contributed by atoms with van der Waals surface area (Å²) in [6.07, 6.45) is 2.94. The van der Waals surface area contributed by atoms with Crippen molar-refractivity contribution in [2.45, 2.75) is 25.7 Å². The van der Waals surface area contributed by atoms with Crippen molar-refractivity contribution in [3.63, 3.8) is 0 Å². The minimum atomic E-state index is -0.394. The number of amides is 2. The Balaban J connectivity index is 1.52. The van der Waals surface area contributed by atoms with Crippen molar-refractivity contribution in [2.24, 2.45) is 5.92 Å². The zero-order chi connectivity index (χ0) is 19.7. The van der Waals surface area contributed by atoms with Gasteiger partial charge in [-0.2, -0.15) is 0 Å². The number of fused-ring (bicyclic) bond motifs is 1. The van der Waals surface area contributed by atoms with Crippen LogP contribution < -0.4 is 4.90 Å². The lowest BCUT2D eigenvalue weighted by atomic mass is 9.93. The molecule has 6 heteroatoms. The summed E-state index contributed by atoms with van der Waals surface area (Å²) in [5, 5.41) is 0. The Labute approximate surface area is 162 Å². The van der Waals surface area contributed by atoms with E-state index in [0.717, 1.165) is 18.4 Å². The van der Waals surface area contributed by atoms with Crippen LogP contribution in [0.4, 0.5) is 14.5 Å². The Hall–Kier alpha value is -2.76. The zero-order valence-corrected chi connectivity index (χ0v) is 15.5. The maximum Gasteiger partial charge on any atom is 0.253 e. The van der Waals surface area contributed by atoms with E-state index in [9.17, 15) is 18.4 Å². The summed E-state index contributed by atoms with van der Waals surface area (Å²) in [5.74, 6) is -1.45. The molecule has 2 aromatic carbocycles. The smallest absolute Gasteiger partial charge is 0.253 e. The molecule has 28 heavy (non-hydrogen) atoms. The molecule has 0 N–H and O–H groups in total. The van der Waals surface area contributed by atoms with Crippen molar-refractivity contribution in [1.82, 2.24) is 4.90 Å². The van der Waals surface area contributed by atoms with Crippen LogP contribution in [-0.4, -0.2) is 36.3 Å². The van der Waals surface area contributed by atoms with E-state index in [1.165, 1.54) is 30.3 Å². The molecule has 1 fully saturated rings. The van der Waals surface area contributed by atoms with Gasteiger partial charge in [0.05, 0.1) is 11.6 Å². The molecule has 0 spiro atoms. The molecule has 2 heterocycles. The number of piperidine rings is 1. The first-order valence-corrected chi connectivity index (χ1v) is 9.68. The quantitative estimate of drug-likeness (QED) is 0.790. The molecule has 146 valence electrons. The lowest BCUT2D eigenvalue weighted by molar-refractivity contribution is -0.123. The molecule has 0 aromatic heterocycles. The van der Waals surface area contributed by atoms with Crippen molar-refractivity contribution in [3.8, 4) is 0 Å². The molecule has 2 aliphatic rings. The molecule has 4 rings (SSSR count). The largest absolute Gasteiger partial charge is 0.338 e. The van der Waals surface area contributed by atoms with Crippen LogP contribution in [0.2, 0.25) is 0 Å². The SMILES string of the molecule is O=C(c1ccc(F)cc1)N1CCCC(C(=O)N2CCCc3cccc(F)c32)C1. The molecule has 2 amide bonds. The fourth-order valence-electron chi connectivity index (χ4n) is 4.18. The molecular weight excluding hydrogens is 362 g/mol. The Bertz CT molecular complexity index is 898. The molecule has 1 saturated heterocycles. The van der Waals surface area contributed by atoms with Crippen molar-refractivity contribution in [3.05, 3.63) is 65.2 Å². The Morgan fingerprint density at radius 2 is 1.75 bits per heavy atom. The van der Waals surface area contributed by atoms with Gasteiger partial charge in [-0.25, -0.2) is 8.78 Å². The maximum atomic E-state index is 14.4. The summed E-state index contributed by atoms with van der Waals surface area (Å²) in [6, 6.07) is 10.4. The third kappa shape index (κ3) is 3.51. The van der Waals surface area contributed by atoms with Crippen LogP contribution in [0.1, 0.15) is 35.2 Å². The molecule has 2 aromatic rings. The maximum absolute atomic E-state index is 14.4. The van der Waals surface area contributed by atoms with E-state index >= 15 is 0 Å². The zero-order valence-electron chi connectivity index (χ0n) is 15.5. The average Bonchev–Trinajstić information content (AvgIpc) is 2.73. The van der Waals surface area contributed by atoms with Gasteiger partial charge in [0.25, 0.3) is 5.91 Å². The van der Waals surface area contributed by atoms with Gasteiger partial charge >= 0.3 is 0 Å². The van der Waals surface area contributed by atoms with Gasteiger partial charge in [0.2, 0.25) is 5.91 Å². The normalized spacial score (nSPS) is 19.3. The van der Waals surface area contributed by atoms with Gasteiger partial charge in [0, 0.05) is 25.2 Å². The standard InChI is InChI=1S/C22H22F2N2O2/c23-18-10-8-16(9-11-18)21(27)25-12-2-6-17(14-25)22(28)26-13-3-5-15-4-1-7-19(24)20(15)26/h1,4,7-11,17H,2-3,5-6,12-14H2. The van der Waals surface area contributed by atoms with E-state index in [1.807, 2.05) is 6.07 Å². The molecule has 0 bridgehead atoms. The highest BCUT2D eigenvalue weighted by atomic mass is 19.1. The third-order valence-electron chi connectivity index (χ3n) is 5.58. The van der Waals surface area contributed by atoms with Crippen LogP contribution in [0.5, 0.6) is 0 Å². The number of likely N-dealkylation sites (tertiary alicyclic amines) is 1. The van der Waals surface area contributed by atoms with Gasteiger partial charge in [-0.3, -0.25) is 9.59 Å². The fourth-order valence-corrected chi connectivity index (χ4v) is 4.18. The van der Waals surface area contributed by atoms with Crippen molar-refractivity contribution in [2.75, 3.05) is 24.5 Å². The number of nitrogens with zero attached hydrogens (tertiary/aromatic N) is 2. The predicted molar refractivity (Wildman–Crippen MR) is 102 cm³/mol. The van der Waals surface area contributed by atoms with Crippen LogP contribution in [-0.2, 0) is 11.2 Å². The van der Waals surface area contributed by atoms with Crippen LogP contribution >= 0.6 is 0 Å². The second-order valence-corrected chi connectivity index (χ2v) is 7.44. The van der Waals surface area contributed by atoms with Crippen LogP contribution in [0.15, 0.2) is 42.5 Å². The highest BCUT2D eigenvalue weighted by Crippen LogP contribution is 2.32. The Morgan fingerprint density at radius 1 is 0.964 bits per heavy atom. The number of halogens is 2. The number of carbonyl (C=O) groups is 2. The van der Waals surface area contributed by atoms with E-state index < -0.39 is 5.82 Å². The first kappa shape index (κ1) is 18.6. The molecule has 1 atom stereocenters. The average molecular weight is 384 g/mol. The van der Waals surface area contributed by atoms with Gasteiger partial charge in [-0.05, 0) is 61.6 Å². The fraction of sp³-hybridized carbons (Fsp3) is 0.364. The molecule has 0 radical (unpaired) electrons. The summed E-state index contributed by atoms with van der Waals surface area (Å²) >= 11 is 0. The Morgan fingerprint density at radius 3 is 2.54 bits per heavy atom. The lowest BCUT2D eigenvalue weighted by Crippen LogP contribution is -2.48. The van der Waals surface area contributed by atoms with Gasteiger partial charge in [-0.1, -0.05) is 12.1 Å². The van der Waals surface area contributed by atoms with Gasteiger partial charge in [0.1, 0.15) is 11.6 Å². The van der Waals surface area contributed by atoms with Crippen LogP contribution in [0.3, 0.4) is 0 Å². The van der Waals surface area contributed by atoms with E-state index in [1.54, 1.807) is 15.9 Å². The van der Waals surface area contributed by atoms with Crippen molar-refractivity contribution < 1.29 is 18.4 Å². The second kappa shape index (κ2) is 7.70. The summed E-state index contributed by atoms with van der Waals surface area (Å²) < 4.78 is 27.5. The minimum absolute atomic E-state index is 0.123. The number of anilines is 1. The number of carbonyl (C=O) groups excluding carboxylic acids is 2. The van der Waals surface area contributed by atoms with E-state index in [0.29, 0.717) is 43.7 Å². The molecule has 0 aliphatic carbocycles. The number of hydrogen-bond donors (Lipinski definition) is 0. The summed E-state index contributed by atoms with van der Waals surface area (Å²) in [6.45, 7) is 1.36. The minimum Gasteiger partial charge on any atom is -0.338 e. The second-order valence-electron chi connectivity index (χ2n) is 7.44. The van der Waals surface area contributed by atoms with Gasteiger partial charge in [0.15, 0.2) is 0 Å². The van der Waals surface area contributed by atoms with Crippen LogP contribution in [0, 0.1) is 17.6 Å². The summed E-state index contributed by atoms with van der Waals surface area (Å²) in [7, 11) is 0. The first-order valence-electron chi connectivity index (χ1n) is 9.68. The van der Waals surface area contributed by atoms with Crippen LogP contribution in [0.25, 0.3) is 0 Å². The van der Waals surface area contributed by atoms with E-state index in [2.05, 4.69) is 0 Å². The number of rotatable bonds is 2. The number of aryl methyl sites for hydroxylation is 1. The first-order chi connectivity index (χ1) is 13.5. The summed E-state index contributed by atoms with van der Waals surface area (Å²) in [4.78, 5) is 29.1.